The molecule has 1 fully saturated rings. The first kappa shape index (κ1) is 16.8. The average Bonchev–Trinajstić information content (AvgIpc) is 3.12. The lowest BCUT2D eigenvalue weighted by atomic mass is 10.1. The summed E-state index contributed by atoms with van der Waals surface area (Å²) in [5.41, 5.74) is 4.84. The summed E-state index contributed by atoms with van der Waals surface area (Å²) in [5, 5.41) is 8.45. The van der Waals surface area contributed by atoms with Crippen molar-refractivity contribution in [2.75, 3.05) is 31.1 Å². The van der Waals surface area contributed by atoms with Gasteiger partial charge < -0.3 is 9.32 Å². The second-order valence-electron chi connectivity index (χ2n) is 6.92. The van der Waals surface area contributed by atoms with Crippen LogP contribution in [0.25, 0.3) is 11.5 Å². The first-order chi connectivity index (χ1) is 12.7. The van der Waals surface area contributed by atoms with E-state index in [0.29, 0.717) is 18.3 Å². The van der Waals surface area contributed by atoms with E-state index in [9.17, 15) is 0 Å². The third kappa shape index (κ3) is 3.63. The fraction of sp³-hybridized carbons (Fsp3) is 0.333. The largest absolute Gasteiger partial charge is 0.419 e. The zero-order valence-electron chi connectivity index (χ0n) is 15.4. The van der Waals surface area contributed by atoms with Gasteiger partial charge in [-0.15, -0.1) is 10.2 Å². The third-order valence-electron chi connectivity index (χ3n) is 4.92. The van der Waals surface area contributed by atoms with Crippen molar-refractivity contribution in [1.82, 2.24) is 15.1 Å². The van der Waals surface area contributed by atoms with Crippen LogP contribution in [0, 0.1) is 13.8 Å². The molecule has 2 heterocycles. The van der Waals surface area contributed by atoms with Gasteiger partial charge in [0.25, 0.3) is 0 Å². The fourth-order valence-electron chi connectivity index (χ4n) is 3.47. The average molecular weight is 348 g/mol. The molecule has 0 saturated carbocycles. The molecule has 1 aliphatic heterocycles. The molecule has 0 N–H and O–H groups in total. The molecule has 1 saturated heterocycles. The zero-order valence-corrected chi connectivity index (χ0v) is 15.4. The maximum Gasteiger partial charge on any atom is 0.247 e. The maximum atomic E-state index is 5.88. The van der Waals surface area contributed by atoms with Crippen LogP contribution < -0.4 is 4.90 Å². The van der Waals surface area contributed by atoms with E-state index in [4.69, 9.17) is 4.42 Å². The highest BCUT2D eigenvalue weighted by Crippen LogP contribution is 2.22. The van der Waals surface area contributed by atoms with Crippen molar-refractivity contribution in [3.8, 4) is 11.5 Å². The van der Waals surface area contributed by atoms with Gasteiger partial charge in [-0.2, -0.15) is 0 Å². The number of aryl methyl sites for hydroxylation is 2. The van der Waals surface area contributed by atoms with Crippen LogP contribution in [0.15, 0.2) is 52.9 Å². The highest BCUT2D eigenvalue weighted by atomic mass is 16.4. The van der Waals surface area contributed by atoms with Crippen molar-refractivity contribution >= 4 is 5.69 Å². The molecule has 4 rings (SSSR count). The minimum Gasteiger partial charge on any atom is -0.419 e. The molecule has 0 radical (unpaired) electrons. The highest BCUT2D eigenvalue weighted by molar-refractivity contribution is 5.54. The van der Waals surface area contributed by atoms with E-state index >= 15 is 0 Å². The summed E-state index contributed by atoms with van der Waals surface area (Å²) in [5.74, 6) is 1.29. The van der Waals surface area contributed by atoms with Gasteiger partial charge in [0.1, 0.15) is 0 Å². The van der Waals surface area contributed by atoms with Gasteiger partial charge in [0.2, 0.25) is 11.8 Å². The van der Waals surface area contributed by atoms with Crippen LogP contribution in [0.5, 0.6) is 0 Å². The SMILES string of the molecule is Cc1cccc(-c2nnc(CN3CCN(c4ccccc4C)CC3)o2)c1. The van der Waals surface area contributed by atoms with Gasteiger partial charge in [0, 0.05) is 37.4 Å². The molecule has 0 spiro atoms. The number of nitrogens with zero attached hydrogens (tertiary/aromatic N) is 4. The Bertz CT molecular complexity index is 881. The van der Waals surface area contributed by atoms with E-state index in [0.717, 1.165) is 31.7 Å². The molecule has 0 bridgehead atoms. The van der Waals surface area contributed by atoms with E-state index in [1.54, 1.807) is 0 Å². The molecule has 5 nitrogen and oxygen atoms in total. The zero-order chi connectivity index (χ0) is 17.9. The Balaban J connectivity index is 1.37. The first-order valence-corrected chi connectivity index (χ1v) is 9.11. The van der Waals surface area contributed by atoms with E-state index in [1.807, 2.05) is 12.1 Å². The number of hydrogen-bond acceptors (Lipinski definition) is 5. The van der Waals surface area contributed by atoms with E-state index in [1.165, 1.54) is 16.8 Å². The summed E-state index contributed by atoms with van der Waals surface area (Å²) >= 11 is 0. The first-order valence-electron chi connectivity index (χ1n) is 9.11. The summed E-state index contributed by atoms with van der Waals surface area (Å²) < 4.78 is 5.88. The summed E-state index contributed by atoms with van der Waals surface area (Å²) in [6.45, 7) is 8.97. The van der Waals surface area contributed by atoms with Crippen molar-refractivity contribution in [1.29, 1.82) is 0 Å². The second-order valence-corrected chi connectivity index (χ2v) is 6.92. The second kappa shape index (κ2) is 7.30. The number of piperazine rings is 1. The Morgan fingerprint density at radius 2 is 1.73 bits per heavy atom. The van der Waals surface area contributed by atoms with Crippen LogP contribution in [0.1, 0.15) is 17.0 Å². The van der Waals surface area contributed by atoms with Gasteiger partial charge in [0.15, 0.2) is 0 Å². The van der Waals surface area contributed by atoms with Gasteiger partial charge in [-0.3, -0.25) is 4.90 Å². The molecular weight excluding hydrogens is 324 g/mol. The van der Waals surface area contributed by atoms with E-state index in [-0.39, 0.29) is 0 Å². The molecule has 0 aliphatic carbocycles. The minimum absolute atomic E-state index is 0.599. The van der Waals surface area contributed by atoms with Gasteiger partial charge in [0.05, 0.1) is 6.54 Å². The van der Waals surface area contributed by atoms with Crippen LogP contribution in [0.3, 0.4) is 0 Å². The van der Waals surface area contributed by atoms with Crippen molar-refractivity contribution in [3.05, 3.63) is 65.5 Å². The molecule has 1 aliphatic rings. The minimum atomic E-state index is 0.599. The molecular formula is C21H24N4O. The molecule has 26 heavy (non-hydrogen) atoms. The van der Waals surface area contributed by atoms with Crippen LogP contribution in [-0.4, -0.2) is 41.3 Å². The summed E-state index contributed by atoms with van der Waals surface area (Å²) in [6, 6.07) is 16.7. The Hall–Kier alpha value is -2.66. The number of hydrogen-bond donors (Lipinski definition) is 0. The Kier molecular flexibility index (Phi) is 4.71. The van der Waals surface area contributed by atoms with Crippen molar-refractivity contribution in [3.63, 3.8) is 0 Å². The number of anilines is 1. The Morgan fingerprint density at radius 1 is 0.923 bits per heavy atom. The Labute approximate surface area is 154 Å². The van der Waals surface area contributed by atoms with Gasteiger partial charge >= 0.3 is 0 Å². The standard InChI is InChI=1S/C21H24N4O/c1-16-6-5-8-18(14-16)21-23-22-20(26-21)15-24-10-12-25(13-11-24)19-9-4-3-7-17(19)2/h3-9,14H,10-13,15H2,1-2H3. The number of benzene rings is 2. The van der Waals surface area contributed by atoms with Crippen molar-refractivity contribution in [2.45, 2.75) is 20.4 Å². The third-order valence-corrected chi connectivity index (χ3v) is 4.92. The molecule has 5 heteroatoms. The summed E-state index contributed by atoms with van der Waals surface area (Å²) in [6.07, 6.45) is 0. The highest BCUT2D eigenvalue weighted by Gasteiger charge is 2.20. The molecule has 2 aromatic carbocycles. The van der Waals surface area contributed by atoms with Crippen LogP contribution >= 0.6 is 0 Å². The predicted octanol–water partition coefficient (Wildman–Crippen LogP) is 3.68. The lowest BCUT2D eigenvalue weighted by Crippen LogP contribution is -2.46. The molecule has 134 valence electrons. The lowest BCUT2D eigenvalue weighted by molar-refractivity contribution is 0.227. The normalized spacial score (nSPS) is 15.4. The van der Waals surface area contributed by atoms with E-state index in [2.05, 4.69) is 70.2 Å². The summed E-state index contributed by atoms with van der Waals surface area (Å²) in [7, 11) is 0. The number of para-hydroxylation sites is 1. The van der Waals surface area contributed by atoms with Gasteiger partial charge in [-0.25, -0.2) is 0 Å². The maximum absolute atomic E-state index is 5.88. The smallest absolute Gasteiger partial charge is 0.247 e. The van der Waals surface area contributed by atoms with Crippen molar-refractivity contribution < 1.29 is 4.42 Å². The van der Waals surface area contributed by atoms with Crippen molar-refractivity contribution in [2.24, 2.45) is 0 Å². The van der Waals surface area contributed by atoms with Gasteiger partial charge in [-0.05, 0) is 37.6 Å². The molecule has 0 atom stereocenters. The topological polar surface area (TPSA) is 45.4 Å². The van der Waals surface area contributed by atoms with Gasteiger partial charge in [-0.1, -0.05) is 35.9 Å². The molecule has 1 aromatic heterocycles. The molecule has 0 unspecified atom stereocenters. The molecule has 3 aromatic rings. The van der Waals surface area contributed by atoms with Crippen LogP contribution in [0.4, 0.5) is 5.69 Å². The van der Waals surface area contributed by atoms with E-state index < -0.39 is 0 Å². The summed E-state index contributed by atoms with van der Waals surface area (Å²) in [4.78, 5) is 4.83. The number of aromatic nitrogens is 2. The fourth-order valence-corrected chi connectivity index (χ4v) is 3.47. The van der Waals surface area contributed by atoms with Crippen LogP contribution in [0.2, 0.25) is 0 Å². The quantitative estimate of drug-likeness (QED) is 0.720. The lowest BCUT2D eigenvalue weighted by Gasteiger charge is -2.36. The van der Waals surface area contributed by atoms with Crippen LogP contribution in [-0.2, 0) is 6.54 Å². The molecule has 0 amide bonds. The monoisotopic (exact) mass is 348 g/mol. The number of rotatable bonds is 4. The Morgan fingerprint density at radius 3 is 2.50 bits per heavy atom. The predicted molar refractivity (Wildman–Crippen MR) is 103 cm³/mol.